The van der Waals surface area contributed by atoms with E-state index in [9.17, 15) is 0 Å². The smallest absolute Gasteiger partial charge is 0.790 e. The monoisotopic (exact) mass is 173 g/mol. The zero-order valence-corrected chi connectivity index (χ0v) is 7.07. The molecule has 8 heteroatoms. The first kappa shape index (κ1) is 22.9. The van der Waals surface area contributed by atoms with Gasteiger partial charge in [-0.25, -0.2) is 0 Å². The van der Waals surface area contributed by atoms with E-state index in [1.165, 1.54) is 0 Å². The molecular weight excluding hydrogens is 169 g/mol. The molecule has 0 amide bonds. The second-order valence-corrected chi connectivity index (χ2v) is 1.41. The Bertz CT molecular complexity index is 62.2. The molecule has 0 aliphatic heterocycles. The Morgan fingerprint density at radius 3 is 1.38 bits per heavy atom. The Kier molecular flexibility index (Phi) is 23.3. The first-order valence-corrected chi connectivity index (χ1v) is 2.24. The molecule has 0 bridgehead atoms. The molecule has 0 aromatic rings. The molecule has 5 nitrogen and oxygen atoms in total. The maximum Gasteiger partial charge on any atom is 2.00 e. The predicted molar refractivity (Wildman–Crippen MR) is 27.8 cm³/mol. The summed E-state index contributed by atoms with van der Waals surface area (Å²) >= 11 is 0. The summed E-state index contributed by atoms with van der Waals surface area (Å²) < 4.78 is 8.66. The fourth-order valence-corrected chi connectivity index (χ4v) is 0. The van der Waals surface area contributed by atoms with Gasteiger partial charge in [0.2, 0.25) is 0 Å². The standard InChI is InChI=1S/ClH.Mg.H3N.H3O4P/c;;;1-5(2,3)4/h1H;;1H3;(H3,1,2,3,4)/q;+2;;/p-2. The summed E-state index contributed by atoms with van der Waals surface area (Å²) in [5.41, 5.74) is 0. The molecule has 0 aromatic heterocycles. The minimum Gasteiger partial charge on any atom is -0.790 e. The van der Waals surface area contributed by atoms with E-state index in [1.54, 1.807) is 0 Å². The van der Waals surface area contributed by atoms with Gasteiger partial charge in [-0.2, -0.15) is 0 Å². The van der Waals surface area contributed by atoms with Gasteiger partial charge in [-0.3, -0.25) is 0 Å². The van der Waals surface area contributed by atoms with Gasteiger partial charge in [-0.15, -0.1) is 12.4 Å². The van der Waals surface area contributed by atoms with Crippen LogP contribution in [0.15, 0.2) is 0 Å². The van der Waals surface area contributed by atoms with E-state index in [2.05, 4.69) is 0 Å². The van der Waals surface area contributed by atoms with Crippen LogP contribution in [0.25, 0.3) is 0 Å². The Labute approximate surface area is 68.9 Å². The molecule has 0 aliphatic carbocycles. The summed E-state index contributed by atoms with van der Waals surface area (Å²) in [4.78, 5) is 24.3. The maximum absolute atomic E-state index is 8.66. The minimum atomic E-state index is -5.14. The molecule has 0 atom stereocenters. The second-order valence-electron chi connectivity index (χ2n) is 0.469. The zero-order valence-electron chi connectivity index (χ0n) is 3.94. The van der Waals surface area contributed by atoms with Gasteiger partial charge in [-0.1, -0.05) is 0 Å². The van der Waals surface area contributed by atoms with Crippen molar-refractivity contribution >= 4 is 43.3 Å². The van der Waals surface area contributed by atoms with Crippen LogP contribution in [0.4, 0.5) is 0 Å². The van der Waals surface area contributed by atoms with Crippen molar-refractivity contribution in [3.8, 4) is 0 Å². The Hall–Kier alpha value is 1.13. The average Bonchev–Trinajstić information content (AvgIpc) is 0.722. The van der Waals surface area contributed by atoms with E-state index in [1.807, 2.05) is 0 Å². The van der Waals surface area contributed by atoms with Crippen LogP contribution in [-0.2, 0) is 4.57 Å². The zero-order chi connectivity index (χ0) is 4.50. The summed E-state index contributed by atoms with van der Waals surface area (Å²) in [6.07, 6.45) is 0. The van der Waals surface area contributed by atoms with Crippen molar-refractivity contribution in [2.24, 2.45) is 0 Å². The van der Waals surface area contributed by atoms with E-state index in [-0.39, 0.29) is 41.6 Å². The van der Waals surface area contributed by atoms with Crippen LogP contribution in [-0.4, -0.2) is 27.9 Å². The van der Waals surface area contributed by atoms with Crippen LogP contribution in [0.2, 0.25) is 0 Å². The molecule has 0 saturated heterocycles. The molecule has 0 saturated carbocycles. The van der Waals surface area contributed by atoms with Crippen molar-refractivity contribution in [3.63, 3.8) is 0 Å². The van der Waals surface area contributed by atoms with Crippen molar-refractivity contribution in [2.75, 3.05) is 0 Å². The number of halogens is 1. The first-order chi connectivity index (χ1) is 2.00. The van der Waals surface area contributed by atoms with E-state index < -0.39 is 7.82 Å². The summed E-state index contributed by atoms with van der Waals surface area (Å²) in [6, 6.07) is 0. The van der Waals surface area contributed by atoms with Crippen molar-refractivity contribution in [1.82, 2.24) is 6.15 Å². The van der Waals surface area contributed by atoms with Gasteiger partial charge in [0.1, 0.15) is 0 Å². The Morgan fingerprint density at radius 2 is 1.38 bits per heavy atom. The summed E-state index contributed by atoms with van der Waals surface area (Å²) in [7, 11) is -5.14. The van der Waals surface area contributed by atoms with Crippen molar-refractivity contribution in [1.29, 1.82) is 0 Å². The maximum atomic E-state index is 8.66. The van der Waals surface area contributed by atoms with Gasteiger partial charge in [-0.05, 0) is 0 Å². The van der Waals surface area contributed by atoms with Gasteiger partial charge in [0, 0.05) is 0 Å². The number of hydrogen-bond acceptors (Lipinski definition) is 4. The third kappa shape index (κ3) is 211. The van der Waals surface area contributed by atoms with Gasteiger partial charge in [0.05, 0.1) is 7.82 Å². The topological polar surface area (TPSA) is 118 Å². The Balaban J connectivity index is -0.0000000267. The molecular formula is H5ClMgNO4P. The van der Waals surface area contributed by atoms with Crippen LogP contribution < -0.4 is 15.9 Å². The number of hydrogen-bond donors (Lipinski definition) is 2. The summed E-state index contributed by atoms with van der Waals surface area (Å²) in [5.74, 6) is 0. The first-order valence-electron chi connectivity index (χ1n) is 0.748. The van der Waals surface area contributed by atoms with Gasteiger partial charge in [0.25, 0.3) is 0 Å². The van der Waals surface area contributed by atoms with E-state index >= 15 is 0 Å². The minimum absolute atomic E-state index is 0. The van der Waals surface area contributed by atoms with E-state index in [0.717, 1.165) is 0 Å². The second kappa shape index (κ2) is 8.13. The molecule has 8 heavy (non-hydrogen) atoms. The molecule has 48 valence electrons. The molecule has 0 aliphatic rings. The van der Waals surface area contributed by atoms with Crippen LogP contribution in [0, 0.1) is 0 Å². The van der Waals surface area contributed by atoms with Crippen LogP contribution in [0.1, 0.15) is 0 Å². The molecule has 0 radical (unpaired) electrons. The molecule has 0 aromatic carbocycles. The summed E-state index contributed by atoms with van der Waals surface area (Å²) in [5, 5.41) is 0. The average molecular weight is 174 g/mol. The normalized spacial score (nSPS) is 7.38. The van der Waals surface area contributed by atoms with E-state index in [0.29, 0.717) is 0 Å². The quantitative estimate of drug-likeness (QED) is 0.325. The SMILES string of the molecule is Cl.N.O=P([O-])([O-])O.[Mg+2]. The predicted octanol–water partition coefficient (Wildman–Crippen LogP) is -1.99. The van der Waals surface area contributed by atoms with Crippen molar-refractivity contribution in [3.05, 3.63) is 0 Å². The van der Waals surface area contributed by atoms with Crippen molar-refractivity contribution < 1.29 is 19.2 Å². The molecule has 0 unspecified atom stereocenters. The van der Waals surface area contributed by atoms with E-state index in [4.69, 9.17) is 19.2 Å². The van der Waals surface area contributed by atoms with Gasteiger partial charge in [0.15, 0.2) is 0 Å². The van der Waals surface area contributed by atoms with Crippen LogP contribution >= 0.6 is 20.2 Å². The molecule has 4 N–H and O–H groups in total. The van der Waals surface area contributed by atoms with Gasteiger partial charge < -0.3 is 25.4 Å². The van der Waals surface area contributed by atoms with Crippen LogP contribution in [0.5, 0.6) is 0 Å². The Morgan fingerprint density at radius 1 is 1.38 bits per heavy atom. The number of phosphoric acid groups is 1. The molecule has 0 rings (SSSR count). The van der Waals surface area contributed by atoms with Crippen LogP contribution in [0.3, 0.4) is 0 Å². The summed E-state index contributed by atoms with van der Waals surface area (Å²) in [6.45, 7) is 0. The third-order valence-corrected chi connectivity index (χ3v) is 0. The fraction of sp³-hybridized carbons (Fsp3) is 0. The molecule has 0 spiro atoms. The largest absolute Gasteiger partial charge is 2.00 e. The number of rotatable bonds is 0. The van der Waals surface area contributed by atoms with Gasteiger partial charge >= 0.3 is 23.1 Å². The molecule has 0 fully saturated rings. The van der Waals surface area contributed by atoms with Crippen molar-refractivity contribution in [2.45, 2.75) is 0 Å². The third-order valence-electron chi connectivity index (χ3n) is 0. The molecule has 0 heterocycles. The fourth-order valence-electron chi connectivity index (χ4n) is 0.